The number of hydrogen-bond acceptors (Lipinski definition) is 2. The Morgan fingerprint density at radius 2 is 1.26 bits per heavy atom. The lowest BCUT2D eigenvalue weighted by atomic mass is 10.1. The van der Waals surface area contributed by atoms with Gasteiger partial charge in [0.2, 0.25) is 5.91 Å². The van der Waals surface area contributed by atoms with Crippen LogP contribution in [0.4, 0.5) is 0 Å². The first kappa shape index (κ1) is 26.2. The summed E-state index contributed by atoms with van der Waals surface area (Å²) in [5.41, 5.74) is 0. The topological polar surface area (TPSA) is 32.3 Å². The lowest BCUT2D eigenvalue weighted by Crippen LogP contribution is -2.45. The number of carbonyl (C=O) groups excluding carboxylic acids is 1. The molecule has 1 N–H and O–H groups in total. The highest BCUT2D eigenvalue weighted by atomic mass is 16.1. The third-order valence-electron chi connectivity index (χ3n) is 5.40. The fourth-order valence-corrected chi connectivity index (χ4v) is 3.52. The van der Waals surface area contributed by atoms with E-state index in [2.05, 4.69) is 50.1 Å². The molecule has 0 fully saturated rings. The van der Waals surface area contributed by atoms with Crippen molar-refractivity contribution in [3.63, 3.8) is 0 Å². The van der Waals surface area contributed by atoms with E-state index in [-0.39, 0.29) is 12.1 Å². The zero-order valence-electron chi connectivity index (χ0n) is 18.9. The highest BCUT2D eigenvalue weighted by Crippen LogP contribution is 2.10. The maximum absolute atomic E-state index is 12.0. The van der Waals surface area contributed by atoms with Crippen LogP contribution in [0.5, 0.6) is 0 Å². The Morgan fingerprint density at radius 1 is 0.778 bits per heavy atom. The van der Waals surface area contributed by atoms with E-state index >= 15 is 0 Å². The Kier molecular flexibility index (Phi) is 19.3. The molecule has 0 spiro atoms. The van der Waals surface area contributed by atoms with E-state index in [9.17, 15) is 4.79 Å². The molecule has 0 aliphatic rings. The molecular weight excluding hydrogens is 332 g/mol. The highest BCUT2D eigenvalue weighted by molar-refractivity contribution is 5.76. The van der Waals surface area contributed by atoms with E-state index < -0.39 is 0 Å². The molecule has 27 heavy (non-hydrogen) atoms. The summed E-state index contributed by atoms with van der Waals surface area (Å²) in [5.74, 6) is 0.201. The molecular formula is C24H48N2O. The van der Waals surface area contributed by atoms with Gasteiger partial charge in [0.1, 0.15) is 0 Å². The Labute approximate surface area is 170 Å². The molecule has 3 heteroatoms. The zero-order chi connectivity index (χ0) is 20.2. The molecule has 0 radical (unpaired) electrons. The molecule has 0 aliphatic heterocycles. The van der Waals surface area contributed by atoms with Crippen molar-refractivity contribution < 1.29 is 4.79 Å². The molecule has 0 heterocycles. The summed E-state index contributed by atoms with van der Waals surface area (Å²) in [5, 5.41) is 3.11. The summed E-state index contributed by atoms with van der Waals surface area (Å²) in [7, 11) is 0. The Morgan fingerprint density at radius 3 is 1.78 bits per heavy atom. The van der Waals surface area contributed by atoms with Crippen LogP contribution in [0.15, 0.2) is 12.2 Å². The van der Waals surface area contributed by atoms with Crippen molar-refractivity contribution in [3.05, 3.63) is 12.2 Å². The van der Waals surface area contributed by atoms with Gasteiger partial charge in [-0.25, -0.2) is 0 Å². The maximum atomic E-state index is 12.0. The van der Waals surface area contributed by atoms with Gasteiger partial charge in [0.25, 0.3) is 0 Å². The van der Waals surface area contributed by atoms with Gasteiger partial charge in [-0.1, -0.05) is 84.3 Å². The van der Waals surface area contributed by atoms with Gasteiger partial charge in [-0.2, -0.15) is 0 Å². The van der Waals surface area contributed by atoms with Crippen LogP contribution < -0.4 is 5.32 Å². The number of allylic oxidation sites excluding steroid dienone is 2. The van der Waals surface area contributed by atoms with Gasteiger partial charge >= 0.3 is 0 Å². The largest absolute Gasteiger partial charge is 0.341 e. The van der Waals surface area contributed by atoms with Gasteiger partial charge in [0.05, 0.1) is 6.17 Å². The molecule has 0 saturated carbocycles. The molecule has 0 saturated heterocycles. The number of rotatable bonds is 19. The number of unbranched alkanes of at least 4 members (excludes halogenated alkanes) is 11. The second-order valence-electron chi connectivity index (χ2n) is 7.80. The van der Waals surface area contributed by atoms with Crippen molar-refractivity contribution in [2.24, 2.45) is 0 Å². The molecule has 3 nitrogen and oxygen atoms in total. The molecule has 1 unspecified atom stereocenters. The number of hydrogen-bond donors (Lipinski definition) is 1. The molecule has 0 aromatic carbocycles. The van der Waals surface area contributed by atoms with Crippen LogP contribution in [-0.4, -0.2) is 30.1 Å². The summed E-state index contributed by atoms with van der Waals surface area (Å²) in [6.45, 7) is 10.6. The van der Waals surface area contributed by atoms with Gasteiger partial charge in [0, 0.05) is 6.42 Å². The maximum Gasteiger partial charge on any atom is 0.221 e. The summed E-state index contributed by atoms with van der Waals surface area (Å²) < 4.78 is 0. The van der Waals surface area contributed by atoms with Crippen LogP contribution in [0.3, 0.4) is 0 Å². The third kappa shape index (κ3) is 17.0. The van der Waals surface area contributed by atoms with E-state index in [1.165, 1.54) is 77.0 Å². The van der Waals surface area contributed by atoms with E-state index in [0.29, 0.717) is 6.42 Å². The molecule has 0 aromatic rings. The normalized spacial score (nSPS) is 12.8. The molecule has 0 aromatic heterocycles. The van der Waals surface area contributed by atoms with E-state index in [1.54, 1.807) is 0 Å². The van der Waals surface area contributed by atoms with Crippen LogP contribution in [0, 0.1) is 0 Å². The number of nitrogens with zero attached hydrogens (tertiary/aromatic N) is 1. The fourth-order valence-electron chi connectivity index (χ4n) is 3.52. The second kappa shape index (κ2) is 19.9. The third-order valence-corrected chi connectivity index (χ3v) is 5.40. The van der Waals surface area contributed by atoms with Gasteiger partial charge in [0.15, 0.2) is 0 Å². The van der Waals surface area contributed by atoms with Crippen LogP contribution in [0.2, 0.25) is 0 Å². The van der Waals surface area contributed by atoms with Crippen LogP contribution in [0.25, 0.3) is 0 Å². The first-order chi connectivity index (χ1) is 13.2. The fraction of sp³-hybridized carbons (Fsp3) is 0.875. The molecule has 0 bridgehead atoms. The lowest BCUT2D eigenvalue weighted by Gasteiger charge is -2.27. The van der Waals surface area contributed by atoms with Crippen molar-refractivity contribution in [3.8, 4) is 0 Å². The molecule has 1 atom stereocenters. The van der Waals surface area contributed by atoms with Crippen LogP contribution in [0.1, 0.15) is 118 Å². The number of nitrogens with one attached hydrogen (secondary N) is 1. The second-order valence-corrected chi connectivity index (χ2v) is 7.80. The van der Waals surface area contributed by atoms with Crippen molar-refractivity contribution in [2.45, 2.75) is 124 Å². The highest BCUT2D eigenvalue weighted by Gasteiger charge is 2.12. The first-order valence-electron chi connectivity index (χ1n) is 11.8. The van der Waals surface area contributed by atoms with Crippen molar-refractivity contribution in [1.29, 1.82) is 0 Å². The quantitative estimate of drug-likeness (QED) is 0.151. The van der Waals surface area contributed by atoms with Crippen LogP contribution in [-0.2, 0) is 4.79 Å². The summed E-state index contributed by atoms with van der Waals surface area (Å²) in [6, 6.07) is 0. The van der Waals surface area contributed by atoms with Gasteiger partial charge in [-0.15, -0.1) is 0 Å². The zero-order valence-corrected chi connectivity index (χ0v) is 18.9. The predicted molar refractivity (Wildman–Crippen MR) is 120 cm³/mol. The van der Waals surface area contributed by atoms with Gasteiger partial charge < -0.3 is 5.32 Å². The number of amides is 1. The molecule has 0 rings (SSSR count). The van der Waals surface area contributed by atoms with E-state index in [1.807, 2.05) is 0 Å². The minimum atomic E-state index is 0.149. The smallest absolute Gasteiger partial charge is 0.221 e. The van der Waals surface area contributed by atoms with Gasteiger partial charge in [-0.3, -0.25) is 9.69 Å². The average molecular weight is 381 g/mol. The minimum Gasteiger partial charge on any atom is -0.341 e. The molecule has 160 valence electrons. The summed E-state index contributed by atoms with van der Waals surface area (Å²) in [6.07, 6.45) is 22.4. The molecule has 1 amide bonds. The van der Waals surface area contributed by atoms with E-state index in [0.717, 1.165) is 19.5 Å². The monoisotopic (exact) mass is 380 g/mol. The predicted octanol–water partition coefficient (Wildman–Crippen LogP) is 6.83. The number of carbonyl (C=O) groups is 1. The summed E-state index contributed by atoms with van der Waals surface area (Å²) >= 11 is 0. The SMILES string of the molecule is CCCCCCCCC=CCCCCCCCC(=O)NC(C)N(CC)CC. The van der Waals surface area contributed by atoms with Crippen molar-refractivity contribution in [1.82, 2.24) is 10.2 Å². The standard InChI is InChI=1S/C24H48N2O/c1-5-8-9-10-11-12-13-14-15-16-17-18-19-20-21-22-24(27)25-23(4)26(6-2)7-3/h14-15,23H,5-13,16-22H2,1-4H3,(H,25,27). The average Bonchev–Trinajstić information content (AvgIpc) is 2.65. The van der Waals surface area contributed by atoms with Crippen LogP contribution >= 0.6 is 0 Å². The Bertz CT molecular complexity index is 350. The lowest BCUT2D eigenvalue weighted by molar-refractivity contribution is -0.123. The van der Waals surface area contributed by atoms with Crippen molar-refractivity contribution in [2.75, 3.05) is 13.1 Å². The first-order valence-corrected chi connectivity index (χ1v) is 11.8. The Balaban J connectivity index is 3.39. The Hall–Kier alpha value is -0.830. The van der Waals surface area contributed by atoms with E-state index in [4.69, 9.17) is 0 Å². The van der Waals surface area contributed by atoms with Gasteiger partial charge in [-0.05, 0) is 52.1 Å². The minimum absolute atomic E-state index is 0.149. The van der Waals surface area contributed by atoms with Crippen molar-refractivity contribution >= 4 is 5.91 Å². The summed E-state index contributed by atoms with van der Waals surface area (Å²) in [4.78, 5) is 14.2. The molecule has 0 aliphatic carbocycles.